The van der Waals surface area contributed by atoms with E-state index in [9.17, 15) is 4.79 Å². The maximum absolute atomic E-state index is 13.5. The van der Waals surface area contributed by atoms with Gasteiger partial charge in [-0.05, 0) is 31.4 Å². The predicted octanol–water partition coefficient (Wildman–Crippen LogP) is 5.62. The molecule has 0 unspecified atom stereocenters. The number of benzene rings is 1. The van der Waals surface area contributed by atoms with Gasteiger partial charge in [0.05, 0.1) is 11.0 Å². The van der Waals surface area contributed by atoms with Gasteiger partial charge in [0.2, 0.25) is 0 Å². The van der Waals surface area contributed by atoms with Crippen LogP contribution in [0.3, 0.4) is 0 Å². The highest BCUT2D eigenvalue weighted by Gasteiger charge is 2.21. The predicted molar refractivity (Wildman–Crippen MR) is 128 cm³/mol. The van der Waals surface area contributed by atoms with Crippen LogP contribution in [0.2, 0.25) is 0 Å². The van der Waals surface area contributed by atoms with Crippen LogP contribution in [0.25, 0.3) is 33.2 Å². The normalized spacial score (nSPS) is 12.0. The summed E-state index contributed by atoms with van der Waals surface area (Å²) in [5.74, 6) is 1.11. The third kappa shape index (κ3) is 4.21. The fourth-order valence-corrected chi connectivity index (χ4v) is 4.34. The van der Waals surface area contributed by atoms with Crippen molar-refractivity contribution in [3.8, 4) is 0 Å². The van der Waals surface area contributed by atoms with Gasteiger partial charge < -0.3 is 4.57 Å². The number of rotatable bonds is 9. The number of nitrogens with zero attached hydrogens (tertiary/aromatic N) is 5. The van der Waals surface area contributed by atoms with Crippen molar-refractivity contribution in [1.82, 2.24) is 24.1 Å². The molecule has 3 aromatic heterocycles. The number of hydrogen-bond acceptors (Lipinski definition) is 4. The monoisotopic (exact) mass is 419 g/mol. The Morgan fingerprint density at radius 2 is 1.55 bits per heavy atom. The van der Waals surface area contributed by atoms with Gasteiger partial charge in [-0.15, -0.1) is 0 Å². The Morgan fingerprint density at radius 3 is 2.26 bits per heavy atom. The molecule has 6 nitrogen and oxygen atoms in total. The molecule has 3 heterocycles. The van der Waals surface area contributed by atoms with Crippen molar-refractivity contribution in [2.24, 2.45) is 5.92 Å². The minimum atomic E-state index is -0.00697. The van der Waals surface area contributed by atoms with Crippen molar-refractivity contribution in [3.63, 3.8) is 0 Å². The third-order valence-corrected chi connectivity index (χ3v) is 5.92. The van der Waals surface area contributed by atoms with Crippen molar-refractivity contribution in [1.29, 1.82) is 0 Å². The quantitative estimate of drug-likeness (QED) is 0.330. The molecule has 0 bridgehead atoms. The summed E-state index contributed by atoms with van der Waals surface area (Å²) in [4.78, 5) is 28.2. The first kappa shape index (κ1) is 21.5. The summed E-state index contributed by atoms with van der Waals surface area (Å²) in [7, 11) is 0. The van der Waals surface area contributed by atoms with Crippen LogP contribution in [0, 0.1) is 12.8 Å². The lowest BCUT2D eigenvalue weighted by Gasteiger charge is -2.12. The van der Waals surface area contributed by atoms with Crippen LogP contribution >= 0.6 is 0 Å². The number of hydrogen-bond donors (Lipinski definition) is 0. The summed E-state index contributed by atoms with van der Waals surface area (Å²) in [6.07, 6.45) is 7.29. The lowest BCUT2D eigenvalue weighted by molar-refractivity contribution is 0.497. The molecule has 0 aliphatic rings. The summed E-state index contributed by atoms with van der Waals surface area (Å²) in [6, 6.07) is 7.86. The molecular weight excluding hydrogens is 386 g/mol. The van der Waals surface area contributed by atoms with Gasteiger partial charge in [-0.2, -0.15) is 0 Å². The summed E-state index contributed by atoms with van der Waals surface area (Å²) in [6.45, 7) is 9.85. The molecule has 0 aliphatic heterocycles. The van der Waals surface area contributed by atoms with E-state index in [-0.39, 0.29) is 5.56 Å². The van der Waals surface area contributed by atoms with E-state index in [1.165, 1.54) is 32.1 Å². The van der Waals surface area contributed by atoms with Crippen molar-refractivity contribution in [2.75, 3.05) is 0 Å². The van der Waals surface area contributed by atoms with Crippen molar-refractivity contribution in [3.05, 3.63) is 40.4 Å². The molecular formula is C25H33N5O. The first-order valence-corrected chi connectivity index (χ1v) is 11.7. The number of fused-ring (bicyclic) bond motifs is 4. The van der Waals surface area contributed by atoms with Crippen LogP contribution in [-0.4, -0.2) is 24.1 Å². The molecule has 0 radical (unpaired) electrons. The molecule has 4 aromatic rings. The minimum Gasteiger partial charge on any atom is -0.308 e. The van der Waals surface area contributed by atoms with Crippen LogP contribution in [0.15, 0.2) is 29.1 Å². The highest BCUT2D eigenvalue weighted by Crippen LogP contribution is 2.26. The third-order valence-electron chi connectivity index (χ3n) is 5.92. The Kier molecular flexibility index (Phi) is 6.35. The highest BCUT2D eigenvalue weighted by atomic mass is 16.1. The molecule has 0 fully saturated rings. The fraction of sp³-hybridized carbons (Fsp3) is 0.520. The first-order chi connectivity index (χ1) is 15.0. The van der Waals surface area contributed by atoms with Crippen molar-refractivity contribution < 1.29 is 0 Å². The molecule has 0 atom stereocenters. The van der Waals surface area contributed by atoms with Crippen molar-refractivity contribution >= 4 is 33.2 Å². The lowest BCUT2D eigenvalue weighted by atomic mass is 10.1. The lowest BCUT2D eigenvalue weighted by Crippen LogP contribution is -2.26. The first-order valence-electron chi connectivity index (χ1n) is 11.7. The van der Waals surface area contributed by atoms with E-state index in [1.54, 1.807) is 4.57 Å². The SMILES string of the molecule is CCCCCCCCn1c2nc3ccccc3nc2c2c(=O)n(CC(C)C)c(C)nc21. The van der Waals surface area contributed by atoms with Gasteiger partial charge in [0.25, 0.3) is 5.56 Å². The molecule has 0 aliphatic carbocycles. The second-order valence-electron chi connectivity index (χ2n) is 8.97. The molecule has 0 saturated carbocycles. The van der Waals surface area contributed by atoms with E-state index in [1.807, 2.05) is 31.2 Å². The largest absolute Gasteiger partial charge is 0.308 e. The Morgan fingerprint density at radius 1 is 0.871 bits per heavy atom. The summed E-state index contributed by atoms with van der Waals surface area (Å²) in [5.41, 5.74) is 3.82. The average molecular weight is 420 g/mol. The molecule has 1 aromatic carbocycles. The zero-order valence-corrected chi connectivity index (χ0v) is 19.2. The zero-order valence-electron chi connectivity index (χ0n) is 19.2. The Hall–Kier alpha value is -2.76. The van der Waals surface area contributed by atoms with Gasteiger partial charge in [0, 0.05) is 13.1 Å². The van der Waals surface area contributed by atoms with Crippen LogP contribution in [0.5, 0.6) is 0 Å². The molecule has 164 valence electrons. The zero-order chi connectivity index (χ0) is 22.0. The standard InChI is InChI=1S/C25H33N5O/c1-5-6-7-8-9-12-15-29-23-21(25(31)30(16-17(2)3)18(4)26-23)22-24(29)28-20-14-11-10-13-19(20)27-22/h10-11,13-14,17H,5-9,12,15-16H2,1-4H3. The van der Waals surface area contributed by atoms with Gasteiger partial charge in [-0.3, -0.25) is 9.36 Å². The topological polar surface area (TPSA) is 65.6 Å². The maximum Gasteiger partial charge on any atom is 0.265 e. The highest BCUT2D eigenvalue weighted by molar-refractivity contribution is 6.04. The van der Waals surface area contributed by atoms with Crippen molar-refractivity contribution in [2.45, 2.75) is 79.3 Å². The van der Waals surface area contributed by atoms with E-state index >= 15 is 0 Å². The van der Waals surface area contributed by atoms with E-state index in [4.69, 9.17) is 15.0 Å². The van der Waals surface area contributed by atoms with Gasteiger partial charge in [-0.25, -0.2) is 15.0 Å². The van der Waals surface area contributed by atoms with Crippen LogP contribution in [-0.2, 0) is 13.1 Å². The van der Waals surface area contributed by atoms with Gasteiger partial charge in [0.1, 0.15) is 16.7 Å². The number of aryl methyl sites for hydroxylation is 2. The van der Waals surface area contributed by atoms with Gasteiger partial charge in [-0.1, -0.05) is 65.0 Å². The molecule has 0 amide bonds. The second-order valence-corrected chi connectivity index (χ2v) is 8.97. The molecule has 0 N–H and O–H groups in total. The minimum absolute atomic E-state index is 0.00697. The molecule has 31 heavy (non-hydrogen) atoms. The van der Waals surface area contributed by atoms with E-state index in [2.05, 4.69) is 25.3 Å². The Labute approximate surface area is 183 Å². The Bertz CT molecular complexity index is 1270. The second kappa shape index (κ2) is 9.16. The number of para-hydroxylation sites is 2. The average Bonchev–Trinajstić information content (AvgIpc) is 3.04. The van der Waals surface area contributed by atoms with Crippen LogP contribution in [0.1, 0.15) is 65.1 Å². The number of unbranched alkanes of at least 4 members (excludes halogenated alkanes) is 5. The summed E-state index contributed by atoms with van der Waals surface area (Å²) < 4.78 is 3.91. The van der Waals surface area contributed by atoms with E-state index in [0.29, 0.717) is 23.4 Å². The Balaban J connectivity index is 1.87. The van der Waals surface area contributed by atoms with Crippen LogP contribution < -0.4 is 5.56 Å². The molecule has 0 saturated heterocycles. The van der Waals surface area contributed by atoms with Gasteiger partial charge in [0.15, 0.2) is 11.3 Å². The molecule has 0 spiro atoms. The van der Waals surface area contributed by atoms with E-state index < -0.39 is 0 Å². The van der Waals surface area contributed by atoms with E-state index in [0.717, 1.165) is 41.1 Å². The summed E-state index contributed by atoms with van der Waals surface area (Å²) in [5, 5.41) is 0.602. The maximum atomic E-state index is 13.5. The fourth-order valence-electron chi connectivity index (χ4n) is 4.34. The molecule has 6 heteroatoms. The van der Waals surface area contributed by atoms with Gasteiger partial charge >= 0.3 is 0 Å². The number of aromatic nitrogens is 5. The smallest absolute Gasteiger partial charge is 0.265 e. The molecule has 4 rings (SSSR count). The summed E-state index contributed by atoms with van der Waals surface area (Å²) >= 11 is 0. The van der Waals surface area contributed by atoms with Crippen LogP contribution in [0.4, 0.5) is 0 Å².